The lowest BCUT2D eigenvalue weighted by Gasteiger charge is -2.26. The van der Waals surface area contributed by atoms with Gasteiger partial charge in [-0.15, -0.1) is 0 Å². The van der Waals surface area contributed by atoms with E-state index in [1.165, 1.54) is 11.1 Å². The molecule has 0 saturated carbocycles. The third-order valence-electron chi connectivity index (χ3n) is 10.3. The fourth-order valence-electron chi connectivity index (χ4n) is 7.49. The third-order valence-corrected chi connectivity index (χ3v) is 10.3. The Morgan fingerprint density at radius 2 is 0.786 bits per heavy atom. The summed E-state index contributed by atoms with van der Waals surface area (Å²) in [6.45, 7) is 0. The Kier molecular flexibility index (Phi) is 8.47. The van der Waals surface area contributed by atoms with Crippen LogP contribution in [0.5, 0.6) is 0 Å². The van der Waals surface area contributed by atoms with E-state index in [1.807, 2.05) is 54.6 Å². The van der Waals surface area contributed by atoms with Crippen molar-refractivity contribution in [2.45, 2.75) is 0 Å². The van der Waals surface area contributed by atoms with Crippen LogP contribution in [-0.2, 0) is 0 Å². The molecule has 8 aromatic carbocycles. The molecule has 0 N–H and O–H groups in total. The van der Waals surface area contributed by atoms with Gasteiger partial charge in [-0.3, -0.25) is 0 Å². The first-order valence-electron chi connectivity index (χ1n) is 18.8. The molecule has 2 aromatic heterocycles. The quantitative estimate of drug-likeness (QED) is 0.157. The summed E-state index contributed by atoms with van der Waals surface area (Å²) in [4.78, 5) is 12.4. The highest BCUT2D eigenvalue weighted by atomic mass is 16.3. The number of anilines is 3. The summed E-state index contributed by atoms with van der Waals surface area (Å²) in [5, 5.41) is 2.25. The third kappa shape index (κ3) is 6.29. The van der Waals surface area contributed by atoms with Crippen molar-refractivity contribution in [3.8, 4) is 56.2 Å². The van der Waals surface area contributed by atoms with Crippen LogP contribution in [0.25, 0.3) is 78.1 Å². The number of benzene rings is 8. The minimum Gasteiger partial charge on any atom is -0.455 e. The van der Waals surface area contributed by atoms with E-state index in [1.54, 1.807) is 0 Å². The molecule has 2 heterocycles. The number of hydrogen-bond donors (Lipinski definition) is 0. The van der Waals surface area contributed by atoms with Gasteiger partial charge in [0.1, 0.15) is 11.2 Å². The van der Waals surface area contributed by atoms with Crippen molar-refractivity contribution in [1.82, 2.24) is 9.97 Å². The average Bonchev–Trinajstić information content (AvgIpc) is 3.67. The molecule has 0 fully saturated rings. The molecule has 0 aliphatic rings. The lowest BCUT2D eigenvalue weighted by atomic mass is 10.0. The molecular weight excluding hydrogens is 683 g/mol. The lowest BCUT2D eigenvalue weighted by Crippen LogP contribution is -2.09. The second-order valence-electron chi connectivity index (χ2n) is 13.8. The summed E-state index contributed by atoms with van der Waals surface area (Å²) in [5.41, 5.74) is 14.3. The Hall–Kier alpha value is -7.56. The Labute approximate surface area is 325 Å². The van der Waals surface area contributed by atoms with Crippen LogP contribution in [0.2, 0.25) is 0 Å². The second-order valence-corrected chi connectivity index (χ2v) is 13.8. The molecule has 0 aliphatic heterocycles. The Morgan fingerprint density at radius 3 is 1.39 bits per heavy atom. The first kappa shape index (κ1) is 33.0. The normalized spacial score (nSPS) is 11.2. The lowest BCUT2D eigenvalue weighted by molar-refractivity contribution is 0.670. The van der Waals surface area contributed by atoms with Gasteiger partial charge in [-0.05, 0) is 65.2 Å². The first-order chi connectivity index (χ1) is 27.7. The molecule has 0 bridgehead atoms. The van der Waals surface area contributed by atoms with Crippen LogP contribution in [0.1, 0.15) is 0 Å². The molecule has 0 amide bonds. The molecule has 10 aromatic rings. The maximum Gasteiger partial charge on any atom is 0.160 e. The van der Waals surface area contributed by atoms with Gasteiger partial charge in [0.15, 0.2) is 5.82 Å². The molecule has 0 aliphatic carbocycles. The van der Waals surface area contributed by atoms with Gasteiger partial charge in [0, 0.05) is 50.1 Å². The summed E-state index contributed by atoms with van der Waals surface area (Å²) >= 11 is 0. The van der Waals surface area contributed by atoms with Gasteiger partial charge in [-0.1, -0.05) is 164 Å². The predicted molar refractivity (Wildman–Crippen MR) is 231 cm³/mol. The highest BCUT2D eigenvalue weighted by Gasteiger charge is 2.17. The van der Waals surface area contributed by atoms with Crippen LogP contribution < -0.4 is 4.90 Å². The number of aromatic nitrogens is 2. The van der Waals surface area contributed by atoms with Crippen molar-refractivity contribution in [3.63, 3.8) is 0 Å². The summed E-state index contributed by atoms with van der Waals surface area (Å²) in [5.74, 6) is 0.699. The molecule has 0 unspecified atom stereocenters. The van der Waals surface area contributed by atoms with Crippen LogP contribution in [0, 0.1) is 0 Å². The van der Waals surface area contributed by atoms with Crippen molar-refractivity contribution >= 4 is 39.0 Å². The smallest absolute Gasteiger partial charge is 0.160 e. The zero-order valence-electron chi connectivity index (χ0n) is 30.5. The Morgan fingerprint density at radius 1 is 0.339 bits per heavy atom. The Balaban J connectivity index is 1.05. The van der Waals surface area contributed by atoms with Crippen LogP contribution in [0.4, 0.5) is 17.1 Å². The van der Waals surface area contributed by atoms with Crippen LogP contribution >= 0.6 is 0 Å². The molecule has 0 saturated heterocycles. The number of rotatable bonds is 8. The van der Waals surface area contributed by atoms with Gasteiger partial charge in [0.05, 0.1) is 11.4 Å². The monoisotopic (exact) mass is 717 g/mol. The highest BCUT2D eigenvalue weighted by Crippen LogP contribution is 2.40. The average molecular weight is 718 g/mol. The minimum absolute atomic E-state index is 0.699. The zero-order chi connectivity index (χ0) is 37.3. The number of para-hydroxylation sites is 2. The van der Waals surface area contributed by atoms with E-state index >= 15 is 0 Å². The summed E-state index contributed by atoms with van der Waals surface area (Å²) in [7, 11) is 0. The molecule has 0 radical (unpaired) electrons. The fraction of sp³-hybridized carbons (Fsp3) is 0. The maximum atomic E-state index is 6.40. The zero-order valence-corrected chi connectivity index (χ0v) is 30.5. The number of furan rings is 1. The highest BCUT2D eigenvalue weighted by molar-refractivity contribution is 6.09. The van der Waals surface area contributed by atoms with Crippen molar-refractivity contribution in [2.24, 2.45) is 0 Å². The first-order valence-corrected chi connectivity index (χ1v) is 18.8. The summed E-state index contributed by atoms with van der Waals surface area (Å²) < 4.78 is 6.40. The Bertz CT molecular complexity index is 2860. The van der Waals surface area contributed by atoms with Gasteiger partial charge in [0.25, 0.3) is 0 Å². The van der Waals surface area contributed by atoms with Crippen LogP contribution in [0.3, 0.4) is 0 Å². The van der Waals surface area contributed by atoms with Gasteiger partial charge in [-0.25, -0.2) is 9.97 Å². The number of fused-ring (bicyclic) bond motifs is 3. The molecule has 10 rings (SSSR count). The second kappa shape index (κ2) is 14.3. The molecule has 4 nitrogen and oxygen atoms in total. The predicted octanol–water partition coefficient (Wildman–Crippen LogP) is 14.2. The standard InChI is InChI=1S/C52H35N3O/c1-4-13-36(14-5-1)37-23-29-42(30-24-37)55(43-31-25-38(26-32-43)45-20-12-21-47-46-19-10-11-22-50(46)56-51(45)47)44-33-27-40(28-34-44)49-35-48(39-15-6-2-7-16-39)53-52(54-49)41-17-8-3-9-18-41/h1-35H. The van der Waals surface area contributed by atoms with E-state index in [4.69, 9.17) is 14.4 Å². The van der Waals surface area contributed by atoms with Gasteiger partial charge in [-0.2, -0.15) is 0 Å². The molecule has 0 spiro atoms. The summed E-state index contributed by atoms with van der Waals surface area (Å²) in [6.07, 6.45) is 0. The SMILES string of the molecule is c1ccc(-c2ccc(N(c3ccc(-c4cc(-c5ccccc5)nc(-c5ccccc5)n4)cc3)c3ccc(-c4cccc5c4oc4ccccc45)cc3)cc2)cc1. The number of nitrogens with zero attached hydrogens (tertiary/aromatic N) is 3. The van der Waals surface area contributed by atoms with E-state index in [2.05, 4.69) is 163 Å². The molecule has 4 heteroatoms. The van der Waals surface area contributed by atoms with Crippen LogP contribution in [0.15, 0.2) is 217 Å². The van der Waals surface area contributed by atoms with Crippen LogP contribution in [-0.4, -0.2) is 9.97 Å². The van der Waals surface area contributed by atoms with E-state index in [0.717, 1.165) is 78.2 Å². The van der Waals surface area contributed by atoms with E-state index in [-0.39, 0.29) is 0 Å². The largest absolute Gasteiger partial charge is 0.455 e. The van der Waals surface area contributed by atoms with Gasteiger partial charge < -0.3 is 9.32 Å². The maximum absolute atomic E-state index is 6.40. The summed E-state index contributed by atoms with van der Waals surface area (Å²) in [6, 6.07) is 73.9. The van der Waals surface area contributed by atoms with E-state index in [0.29, 0.717) is 5.82 Å². The topological polar surface area (TPSA) is 42.2 Å². The molecule has 0 atom stereocenters. The van der Waals surface area contributed by atoms with E-state index in [9.17, 15) is 0 Å². The minimum atomic E-state index is 0.699. The van der Waals surface area contributed by atoms with Gasteiger partial charge in [0.2, 0.25) is 0 Å². The molecular formula is C52H35N3O. The number of hydrogen-bond acceptors (Lipinski definition) is 4. The van der Waals surface area contributed by atoms with Crippen molar-refractivity contribution in [1.29, 1.82) is 0 Å². The van der Waals surface area contributed by atoms with E-state index < -0.39 is 0 Å². The molecule has 264 valence electrons. The van der Waals surface area contributed by atoms with Gasteiger partial charge >= 0.3 is 0 Å². The molecule has 56 heavy (non-hydrogen) atoms. The van der Waals surface area contributed by atoms with Crippen molar-refractivity contribution in [2.75, 3.05) is 4.90 Å². The fourth-order valence-corrected chi connectivity index (χ4v) is 7.49. The van der Waals surface area contributed by atoms with Crippen molar-refractivity contribution in [3.05, 3.63) is 212 Å². The van der Waals surface area contributed by atoms with Crippen molar-refractivity contribution < 1.29 is 4.42 Å².